The van der Waals surface area contributed by atoms with Crippen molar-refractivity contribution in [2.45, 2.75) is 18.7 Å². The smallest absolute Gasteiger partial charge is 0.421 e. The summed E-state index contributed by atoms with van der Waals surface area (Å²) in [7, 11) is 1.26. The molecule has 2 aromatic rings. The minimum atomic E-state index is -4.67. The van der Waals surface area contributed by atoms with Crippen molar-refractivity contribution in [3.05, 3.63) is 35.5 Å². The number of carbonyl (C=O) groups is 2. The highest BCUT2D eigenvalue weighted by atomic mass is 19.4. The molecule has 10 nitrogen and oxygen atoms in total. The molecule has 3 N–H and O–H groups in total. The second-order valence-electron chi connectivity index (χ2n) is 7.47. The van der Waals surface area contributed by atoms with E-state index in [9.17, 15) is 22.8 Å². The molecule has 1 aromatic carbocycles. The third kappa shape index (κ3) is 5.25. The van der Waals surface area contributed by atoms with Gasteiger partial charge in [0.15, 0.2) is 0 Å². The number of ether oxygens (including phenoxy) is 2. The lowest BCUT2D eigenvalue weighted by atomic mass is 10.1. The molecule has 33 heavy (non-hydrogen) atoms. The normalized spacial score (nSPS) is 17.9. The van der Waals surface area contributed by atoms with Gasteiger partial charge in [0.25, 0.3) is 0 Å². The number of halogens is 3. The number of fused-ring (bicyclic) bond motifs is 1. The van der Waals surface area contributed by atoms with Gasteiger partial charge in [0.1, 0.15) is 11.4 Å². The summed E-state index contributed by atoms with van der Waals surface area (Å²) in [5, 5.41) is 8.24. The average Bonchev–Trinajstić information content (AvgIpc) is 3.16. The fraction of sp³-hybridized carbons (Fsp3) is 0.400. The number of alkyl halides is 3. The van der Waals surface area contributed by atoms with E-state index in [2.05, 4.69) is 30.7 Å². The predicted octanol–water partition coefficient (Wildman–Crippen LogP) is 2.61. The van der Waals surface area contributed by atoms with Crippen LogP contribution in [0.3, 0.4) is 0 Å². The molecule has 2 aliphatic rings. The Morgan fingerprint density at radius 1 is 1.39 bits per heavy atom. The van der Waals surface area contributed by atoms with Crippen LogP contribution in [-0.4, -0.2) is 66.3 Å². The molecule has 1 aromatic heterocycles. The van der Waals surface area contributed by atoms with Crippen LogP contribution < -0.4 is 16.0 Å². The summed E-state index contributed by atoms with van der Waals surface area (Å²) < 4.78 is 50.7. The zero-order valence-electron chi connectivity index (χ0n) is 17.5. The monoisotopic (exact) mass is 466 g/mol. The lowest BCUT2D eigenvalue weighted by molar-refractivity contribution is -0.137. The second kappa shape index (κ2) is 9.10. The molecule has 176 valence electrons. The van der Waals surface area contributed by atoms with Crippen LogP contribution >= 0.6 is 0 Å². The van der Waals surface area contributed by atoms with E-state index < -0.39 is 29.8 Å². The molecule has 1 atom stereocenters. The number of hydrogen-bond donors (Lipinski definition) is 3. The molecule has 0 bridgehead atoms. The Morgan fingerprint density at radius 3 is 2.97 bits per heavy atom. The Balaban J connectivity index is 1.49. The van der Waals surface area contributed by atoms with Gasteiger partial charge in [-0.05, 0) is 23.8 Å². The number of anilines is 4. The van der Waals surface area contributed by atoms with E-state index in [-0.39, 0.29) is 38.0 Å². The van der Waals surface area contributed by atoms with Crippen molar-refractivity contribution in [2.75, 3.05) is 49.3 Å². The summed E-state index contributed by atoms with van der Waals surface area (Å²) in [6.07, 6.45) is -4.84. The van der Waals surface area contributed by atoms with Crippen LogP contribution in [0.25, 0.3) is 0 Å². The minimum absolute atomic E-state index is 0.0142. The Morgan fingerprint density at radius 2 is 2.21 bits per heavy atom. The third-order valence-electron chi connectivity index (χ3n) is 5.15. The predicted molar refractivity (Wildman–Crippen MR) is 111 cm³/mol. The van der Waals surface area contributed by atoms with Gasteiger partial charge in [-0.1, -0.05) is 0 Å². The van der Waals surface area contributed by atoms with Gasteiger partial charge in [-0.3, -0.25) is 4.79 Å². The van der Waals surface area contributed by atoms with Crippen LogP contribution in [0, 0.1) is 0 Å². The van der Waals surface area contributed by atoms with Gasteiger partial charge < -0.3 is 30.3 Å². The maximum atomic E-state index is 13.5. The molecular weight excluding hydrogens is 445 g/mol. The van der Waals surface area contributed by atoms with E-state index in [4.69, 9.17) is 4.74 Å². The first-order chi connectivity index (χ1) is 15.7. The highest BCUT2D eigenvalue weighted by molar-refractivity contribution is 5.99. The van der Waals surface area contributed by atoms with E-state index in [0.717, 1.165) is 5.56 Å². The molecule has 1 unspecified atom stereocenters. The number of benzene rings is 1. The Kier molecular flexibility index (Phi) is 6.22. The summed E-state index contributed by atoms with van der Waals surface area (Å²) in [6.45, 7) is 0.721. The van der Waals surface area contributed by atoms with Crippen LogP contribution in [0.2, 0.25) is 0 Å². The van der Waals surface area contributed by atoms with Crippen molar-refractivity contribution in [1.29, 1.82) is 0 Å². The fourth-order valence-electron chi connectivity index (χ4n) is 3.57. The van der Waals surface area contributed by atoms with Crippen LogP contribution in [0.4, 0.5) is 41.1 Å². The lowest BCUT2D eigenvalue weighted by Crippen LogP contribution is -2.48. The molecule has 3 heterocycles. The second-order valence-corrected chi connectivity index (χ2v) is 7.47. The number of nitrogens with one attached hydrogen (secondary N) is 3. The van der Waals surface area contributed by atoms with Gasteiger partial charge >= 0.3 is 12.3 Å². The summed E-state index contributed by atoms with van der Waals surface area (Å²) in [6, 6.07) is 5.06. The molecule has 0 spiro atoms. The van der Waals surface area contributed by atoms with Gasteiger partial charge in [-0.25, -0.2) is 9.78 Å². The van der Waals surface area contributed by atoms with Gasteiger partial charge in [0.2, 0.25) is 11.9 Å². The number of carbonyl (C=O) groups excluding carboxylic acids is 2. The first-order valence-electron chi connectivity index (χ1n) is 10.1. The minimum Gasteiger partial charge on any atom is -0.453 e. The zero-order chi connectivity index (χ0) is 23.6. The Bertz CT molecular complexity index is 1060. The topological polar surface area (TPSA) is 118 Å². The Hall–Kier alpha value is -3.61. The number of methoxy groups -OCH3 is 1. The molecule has 1 saturated heterocycles. The van der Waals surface area contributed by atoms with Gasteiger partial charge in [0.05, 0.1) is 32.8 Å². The van der Waals surface area contributed by atoms with Crippen LogP contribution in [0.1, 0.15) is 11.1 Å². The molecule has 2 amide bonds. The van der Waals surface area contributed by atoms with E-state index in [0.29, 0.717) is 24.1 Å². The first-order valence-corrected chi connectivity index (χ1v) is 10.1. The summed E-state index contributed by atoms with van der Waals surface area (Å²) in [5.41, 5.74) is 0.951. The molecule has 2 aliphatic heterocycles. The standard InChI is InChI=1S/C20H21F3N6O4/c1-32-19(31)29-4-5-33-13(10-29)8-24-17-14(20(21,22)23)9-25-18(28-17)26-12-2-3-15-11(6-12)7-16(30)27-15/h2-3,6,9,13H,4-5,7-8,10H2,1H3,(H,27,30)(H2,24,25,26,28). The third-order valence-corrected chi connectivity index (χ3v) is 5.15. The summed E-state index contributed by atoms with van der Waals surface area (Å²) in [4.78, 5) is 32.4. The van der Waals surface area contributed by atoms with Crippen molar-refractivity contribution in [2.24, 2.45) is 0 Å². The summed E-state index contributed by atoms with van der Waals surface area (Å²) in [5.74, 6) is -0.601. The highest BCUT2D eigenvalue weighted by Gasteiger charge is 2.36. The van der Waals surface area contributed by atoms with Gasteiger partial charge in [0, 0.05) is 30.7 Å². The first kappa shape index (κ1) is 22.6. The number of morpholine rings is 1. The molecule has 0 saturated carbocycles. The Labute approximate surface area is 186 Å². The van der Waals surface area contributed by atoms with Gasteiger partial charge in [-0.15, -0.1) is 0 Å². The molecular formula is C20H21F3N6O4. The molecule has 0 aliphatic carbocycles. The van der Waals surface area contributed by atoms with Gasteiger partial charge in [-0.2, -0.15) is 18.2 Å². The molecule has 4 rings (SSSR count). The lowest BCUT2D eigenvalue weighted by Gasteiger charge is -2.32. The van der Waals surface area contributed by atoms with Crippen molar-refractivity contribution < 1.29 is 32.2 Å². The van der Waals surface area contributed by atoms with Crippen molar-refractivity contribution in [3.8, 4) is 0 Å². The van der Waals surface area contributed by atoms with Crippen molar-refractivity contribution in [1.82, 2.24) is 14.9 Å². The highest BCUT2D eigenvalue weighted by Crippen LogP contribution is 2.34. The van der Waals surface area contributed by atoms with Crippen molar-refractivity contribution in [3.63, 3.8) is 0 Å². The van der Waals surface area contributed by atoms with E-state index >= 15 is 0 Å². The molecule has 13 heteroatoms. The number of aromatic nitrogens is 2. The van der Waals surface area contributed by atoms with Crippen LogP contribution in [0.5, 0.6) is 0 Å². The molecule has 1 fully saturated rings. The number of amides is 2. The fourth-order valence-corrected chi connectivity index (χ4v) is 3.57. The quantitative estimate of drug-likeness (QED) is 0.616. The number of rotatable bonds is 5. The SMILES string of the molecule is COC(=O)N1CCOC(CNc2nc(Nc3ccc4c(c3)CC(=O)N4)ncc2C(F)(F)F)C1. The average molecular weight is 466 g/mol. The van der Waals surface area contributed by atoms with Crippen molar-refractivity contribution >= 4 is 35.1 Å². The molecule has 0 radical (unpaired) electrons. The van der Waals surface area contributed by atoms with Crippen LogP contribution in [0.15, 0.2) is 24.4 Å². The van der Waals surface area contributed by atoms with E-state index in [1.807, 2.05) is 0 Å². The van der Waals surface area contributed by atoms with E-state index in [1.165, 1.54) is 12.0 Å². The zero-order valence-corrected chi connectivity index (χ0v) is 17.5. The van der Waals surface area contributed by atoms with Crippen LogP contribution in [-0.2, 0) is 26.9 Å². The maximum absolute atomic E-state index is 13.5. The number of hydrogen-bond acceptors (Lipinski definition) is 8. The number of nitrogens with zero attached hydrogens (tertiary/aromatic N) is 3. The summed E-state index contributed by atoms with van der Waals surface area (Å²) >= 11 is 0. The largest absolute Gasteiger partial charge is 0.453 e. The van der Waals surface area contributed by atoms with E-state index in [1.54, 1.807) is 18.2 Å². The maximum Gasteiger partial charge on any atom is 0.421 e.